The number of hydrogen-bond acceptors (Lipinski definition) is 1. The van der Waals surface area contributed by atoms with E-state index in [-0.39, 0.29) is 0 Å². The minimum Gasteiger partial charge on any atom is -0.143 e. The van der Waals surface area contributed by atoms with Gasteiger partial charge in [0.25, 0.3) is 0 Å². The van der Waals surface area contributed by atoms with E-state index in [9.17, 15) is 0 Å². The second-order valence-electron chi connectivity index (χ2n) is 17.2. The molecular formula is C50H62S. The number of benzene rings is 5. The lowest BCUT2D eigenvalue weighted by Gasteiger charge is -2.38. The maximum atomic E-state index is 4.66. The van der Waals surface area contributed by atoms with E-state index in [1.807, 2.05) is 0 Å². The van der Waals surface area contributed by atoms with Gasteiger partial charge in [0, 0.05) is 4.90 Å². The molecule has 268 valence electrons. The van der Waals surface area contributed by atoms with Gasteiger partial charge in [-0.25, -0.2) is 0 Å². The Bertz CT molecular complexity index is 2020. The predicted molar refractivity (Wildman–Crippen MR) is 228 cm³/mol. The highest BCUT2D eigenvalue weighted by molar-refractivity contribution is 7.80. The van der Waals surface area contributed by atoms with Gasteiger partial charge < -0.3 is 0 Å². The Kier molecular flexibility index (Phi) is 11.9. The highest BCUT2D eigenvalue weighted by atomic mass is 32.1. The van der Waals surface area contributed by atoms with Crippen molar-refractivity contribution in [3.8, 4) is 0 Å². The van der Waals surface area contributed by atoms with E-state index in [1.54, 1.807) is 27.8 Å². The molecule has 1 aliphatic rings. The first kappa shape index (κ1) is 37.5. The summed E-state index contributed by atoms with van der Waals surface area (Å²) in [4.78, 5) is 1.00. The lowest BCUT2D eigenvalue weighted by Crippen LogP contribution is -2.28. The molecular weight excluding hydrogens is 633 g/mol. The maximum Gasteiger partial charge on any atom is 0.00463 e. The van der Waals surface area contributed by atoms with E-state index in [0.717, 1.165) is 35.5 Å². The third kappa shape index (κ3) is 8.52. The normalized spacial score (nSPS) is 17.6. The SMILES string of the molecule is Cc1c(C)c2c(c(C)c1CC/C=C(/c1cccc3ccccc13)c1cccc3cc(S)ccc13)CCC(C)(CCCC(C)CC(C)CC(C)C)C2. The summed E-state index contributed by atoms with van der Waals surface area (Å²) in [5.74, 6) is 2.49. The number of rotatable bonds is 13. The van der Waals surface area contributed by atoms with Gasteiger partial charge in [0.2, 0.25) is 0 Å². The molecule has 1 aliphatic carbocycles. The minimum atomic E-state index is 0.420. The summed E-state index contributed by atoms with van der Waals surface area (Å²) in [5, 5.41) is 5.11. The third-order valence-corrected chi connectivity index (χ3v) is 12.7. The minimum absolute atomic E-state index is 0.420. The largest absolute Gasteiger partial charge is 0.143 e. The van der Waals surface area contributed by atoms with E-state index in [4.69, 9.17) is 0 Å². The number of thiol groups is 1. The first-order valence-electron chi connectivity index (χ1n) is 19.9. The van der Waals surface area contributed by atoms with Crippen molar-refractivity contribution in [3.05, 3.63) is 129 Å². The standard InChI is InChI=1S/C50H62S/c1-33(2)29-35(4)30-34(3)15-14-27-50(8)28-26-43-38(7)42(36(5)37(6)49(43)32-50)20-13-23-48(46-21-11-17-39-16-9-10-19-44(39)46)47-22-12-18-40-31-41(51)24-25-45(40)47/h9-12,16-19,21-25,31,33-35,51H,13-15,20,26-30,32H2,1-8H3/b48-23-. The van der Waals surface area contributed by atoms with Crippen LogP contribution in [0.25, 0.3) is 27.1 Å². The van der Waals surface area contributed by atoms with Crippen molar-refractivity contribution in [2.24, 2.45) is 23.2 Å². The molecule has 0 saturated carbocycles. The number of hydrogen-bond donors (Lipinski definition) is 1. The Morgan fingerprint density at radius 1 is 0.745 bits per heavy atom. The van der Waals surface area contributed by atoms with Crippen LogP contribution in [-0.4, -0.2) is 0 Å². The Morgan fingerprint density at radius 3 is 2.18 bits per heavy atom. The number of allylic oxidation sites excluding steroid dienone is 1. The van der Waals surface area contributed by atoms with Gasteiger partial charge in [-0.3, -0.25) is 0 Å². The zero-order valence-electron chi connectivity index (χ0n) is 32.8. The molecule has 51 heavy (non-hydrogen) atoms. The fourth-order valence-corrected chi connectivity index (χ4v) is 9.97. The first-order chi connectivity index (χ1) is 24.4. The molecule has 0 aliphatic heterocycles. The van der Waals surface area contributed by atoms with Crippen molar-refractivity contribution < 1.29 is 0 Å². The quantitative estimate of drug-likeness (QED) is 0.117. The summed E-state index contributed by atoms with van der Waals surface area (Å²) in [6, 6.07) is 28.9. The zero-order chi connectivity index (χ0) is 36.3. The van der Waals surface area contributed by atoms with Crippen LogP contribution in [0.3, 0.4) is 0 Å². The molecule has 3 unspecified atom stereocenters. The lowest BCUT2D eigenvalue weighted by molar-refractivity contribution is 0.235. The highest BCUT2D eigenvalue weighted by Crippen LogP contribution is 2.44. The number of fused-ring (bicyclic) bond motifs is 3. The molecule has 6 rings (SSSR count). The average molecular weight is 695 g/mol. The molecule has 0 bridgehead atoms. The first-order valence-corrected chi connectivity index (χ1v) is 20.4. The summed E-state index contributed by atoms with van der Waals surface area (Å²) >= 11 is 4.66. The second kappa shape index (κ2) is 16.2. The predicted octanol–water partition coefficient (Wildman–Crippen LogP) is 14.6. The molecule has 1 heteroatoms. The summed E-state index contributed by atoms with van der Waals surface area (Å²) in [7, 11) is 0. The van der Waals surface area contributed by atoms with E-state index < -0.39 is 0 Å². The van der Waals surface area contributed by atoms with Crippen LogP contribution in [0.1, 0.15) is 124 Å². The summed E-state index contributed by atoms with van der Waals surface area (Å²) in [6.07, 6.45) is 15.3. The molecule has 5 aromatic rings. The van der Waals surface area contributed by atoms with E-state index >= 15 is 0 Å². The molecule has 0 nitrogen and oxygen atoms in total. The van der Waals surface area contributed by atoms with Crippen molar-refractivity contribution in [2.75, 3.05) is 0 Å². The van der Waals surface area contributed by atoms with Gasteiger partial charge in [-0.1, -0.05) is 120 Å². The molecule has 0 N–H and O–H groups in total. The Labute approximate surface area is 315 Å². The van der Waals surface area contributed by atoms with Gasteiger partial charge >= 0.3 is 0 Å². The fourth-order valence-electron chi connectivity index (χ4n) is 9.75. The summed E-state index contributed by atoms with van der Waals surface area (Å²) in [6.45, 7) is 19.5. The van der Waals surface area contributed by atoms with Gasteiger partial charge in [-0.2, -0.15) is 0 Å². The van der Waals surface area contributed by atoms with Crippen molar-refractivity contribution in [2.45, 2.75) is 124 Å². The van der Waals surface area contributed by atoms with Gasteiger partial charge in [0.05, 0.1) is 0 Å². The summed E-state index contributed by atoms with van der Waals surface area (Å²) < 4.78 is 0. The molecule has 0 aromatic heterocycles. The third-order valence-electron chi connectivity index (χ3n) is 12.5. The topological polar surface area (TPSA) is 0 Å². The lowest BCUT2D eigenvalue weighted by atomic mass is 9.67. The second-order valence-corrected chi connectivity index (χ2v) is 17.7. The smallest absolute Gasteiger partial charge is 0.00463 e. The van der Waals surface area contributed by atoms with E-state index in [2.05, 4.69) is 153 Å². The van der Waals surface area contributed by atoms with Crippen molar-refractivity contribution in [1.29, 1.82) is 0 Å². The molecule has 0 radical (unpaired) electrons. The monoisotopic (exact) mass is 694 g/mol. The van der Waals surface area contributed by atoms with Crippen LogP contribution in [0.15, 0.2) is 89.8 Å². The van der Waals surface area contributed by atoms with Crippen LogP contribution in [-0.2, 0) is 19.3 Å². The van der Waals surface area contributed by atoms with E-state index in [0.29, 0.717) is 5.41 Å². The zero-order valence-corrected chi connectivity index (χ0v) is 33.7. The van der Waals surface area contributed by atoms with Crippen LogP contribution in [0, 0.1) is 43.9 Å². The average Bonchev–Trinajstić information content (AvgIpc) is 3.09. The highest BCUT2D eigenvalue weighted by Gasteiger charge is 2.32. The molecule has 0 amide bonds. The van der Waals surface area contributed by atoms with Crippen LogP contribution in [0.2, 0.25) is 0 Å². The van der Waals surface area contributed by atoms with E-state index in [1.165, 1.54) is 95.2 Å². The van der Waals surface area contributed by atoms with Crippen molar-refractivity contribution in [1.82, 2.24) is 0 Å². The maximum absolute atomic E-state index is 4.66. The van der Waals surface area contributed by atoms with Gasteiger partial charge in [-0.05, 0) is 179 Å². The van der Waals surface area contributed by atoms with Crippen LogP contribution in [0.4, 0.5) is 0 Å². The molecule has 0 spiro atoms. The molecule has 0 heterocycles. The van der Waals surface area contributed by atoms with Crippen molar-refractivity contribution in [3.63, 3.8) is 0 Å². The Hall–Kier alpha value is -3.29. The molecule has 0 fully saturated rings. The van der Waals surface area contributed by atoms with Gasteiger partial charge in [0.1, 0.15) is 0 Å². The Morgan fingerprint density at radius 2 is 1.43 bits per heavy atom. The van der Waals surface area contributed by atoms with Crippen LogP contribution in [0.5, 0.6) is 0 Å². The summed E-state index contributed by atoms with van der Waals surface area (Å²) in [5.41, 5.74) is 13.9. The van der Waals surface area contributed by atoms with Crippen LogP contribution < -0.4 is 0 Å². The van der Waals surface area contributed by atoms with Crippen LogP contribution >= 0.6 is 12.6 Å². The van der Waals surface area contributed by atoms with Crippen molar-refractivity contribution >= 4 is 39.7 Å². The van der Waals surface area contributed by atoms with Gasteiger partial charge in [0.15, 0.2) is 0 Å². The van der Waals surface area contributed by atoms with Gasteiger partial charge in [-0.15, -0.1) is 12.6 Å². The Balaban J connectivity index is 1.24. The molecule has 0 saturated heterocycles. The molecule has 5 aromatic carbocycles. The fraction of sp³-hybridized carbons (Fsp3) is 0.440. The molecule has 3 atom stereocenters.